The number of amidine groups is 1. The summed E-state index contributed by atoms with van der Waals surface area (Å²) in [5, 5.41) is 0. The molecule has 0 aliphatic heterocycles. The predicted molar refractivity (Wildman–Crippen MR) is 66.7 cm³/mol. The van der Waals surface area contributed by atoms with Crippen molar-refractivity contribution in [2.75, 3.05) is 14.1 Å². The summed E-state index contributed by atoms with van der Waals surface area (Å²) >= 11 is 0. The molecule has 2 nitrogen and oxygen atoms in total. The van der Waals surface area contributed by atoms with E-state index in [0.29, 0.717) is 0 Å². The first-order chi connectivity index (χ1) is 7.09. The standard InChI is InChI=1S/C13H18N2/c1-11(2)10-13(15(3)4)14-12-8-6-5-7-9-12/h5-10H,1-4H3. The summed E-state index contributed by atoms with van der Waals surface area (Å²) in [6.45, 7) is 4.15. The number of hydrogen-bond acceptors (Lipinski definition) is 1. The maximum atomic E-state index is 4.56. The molecule has 1 aromatic rings. The summed E-state index contributed by atoms with van der Waals surface area (Å²) in [5.41, 5.74) is 2.23. The van der Waals surface area contributed by atoms with Crippen LogP contribution in [0.15, 0.2) is 47.0 Å². The Morgan fingerprint density at radius 2 is 1.73 bits per heavy atom. The summed E-state index contributed by atoms with van der Waals surface area (Å²) in [6, 6.07) is 9.99. The Labute approximate surface area is 92.0 Å². The van der Waals surface area contributed by atoms with Crippen LogP contribution in [-0.4, -0.2) is 24.8 Å². The molecule has 0 spiro atoms. The molecule has 2 heteroatoms. The van der Waals surface area contributed by atoms with E-state index in [0.717, 1.165) is 11.5 Å². The molecule has 0 atom stereocenters. The van der Waals surface area contributed by atoms with Crippen LogP contribution < -0.4 is 0 Å². The van der Waals surface area contributed by atoms with Crippen molar-refractivity contribution in [3.63, 3.8) is 0 Å². The minimum Gasteiger partial charge on any atom is -0.363 e. The van der Waals surface area contributed by atoms with Crippen molar-refractivity contribution >= 4 is 11.5 Å². The van der Waals surface area contributed by atoms with Crippen LogP contribution >= 0.6 is 0 Å². The average Bonchev–Trinajstić information content (AvgIpc) is 2.17. The van der Waals surface area contributed by atoms with Crippen molar-refractivity contribution < 1.29 is 0 Å². The Morgan fingerprint density at radius 1 is 1.13 bits per heavy atom. The van der Waals surface area contributed by atoms with Crippen LogP contribution in [0.25, 0.3) is 0 Å². The fraction of sp³-hybridized carbons (Fsp3) is 0.308. The molecule has 80 valence electrons. The Hall–Kier alpha value is -1.57. The van der Waals surface area contributed by atoms with Crippen LogP contribution in [-0.2, 0) is 0 Å². The molecule has 0 radical (unpaired) electrons. The van der Waals surface area contributed by atoms with E-state index in [2.05, 4.69) is 24.9 Å². The Morgan fingerprint density at radius 3 is 2.20 bits per heavy atom. The molecule has 0 aliphatic carbocycles. The van der Waals surface area contributed by atoms with Gasteiger partial charge < -0.3 is 4.90 Å². The molecule has 1 aromatic carbocycles. The Bertz CT molecular complexity index is 357. The van der Waals surface area contributed by atoms with Gasteiger partial charge in [-0.05, 0) is 32.1 Å². The van der Waals surface area contributed by atoms with Crippen LogP contribution in [0.2, 0.25) is 0 Å². The third kappa shape index (κ3) is 3.98. The highest BCUT2D eigenvalue weighted by molar-refractivity contribution is 5.94. The van der Waals surface area contributed by atoms with Crippen LogP contribution in [0.3, 0.4) is 0 Å². The second-order valence-electron chi connectivity index (χ2n) is 3.92. The number of rotatable bonds is 2. The molecule has 0 amide bonds. The minimum atomic E-state index is 0.973. The molecule has 0 aromatic heterocycles. The lowest BCUT2D eigenvalue weighted by Gasteiger charge is -2.12. The van der Waals surface area contributed by atoms with E-state index in [1.807, 2.05) is 49.3 Å². The van der Waals surface area contributed by atoms with Gasteiger partial charge in [0.2, 0.25) is 0 Å². The smallest absolute Gasteiger partial charge is 0.128 e. The Kier molecular flexibility index (Phi) is 4.10. The molecule has 0 fully saturated rings. The maximum Gasteiger partial charge on any atom is 0.128 e. The molecule has 15 heavy (non-hydrogen) atoms. The molecule has 0 saturated carbocycles. The van der Waals surface area contributed by atoms with Gasteiger partial charge in [-0.3, -0.25) is 0 Å². The highest BCUT2D eigenvalue weighted by atomic mass is 15.1. The number of para-hydroxylation sites is 1. The van der Waals surface area contributed by atoms with Crippen molar-refractivity contribution in [2.24, 2.45) is 4.99 Å². The Balaban J connectivity index is 3.00. The lowest BCUT2D eigenvalue weighted by atomic mass is 10.3. The van der Waals surface area contributed by atoms with Gasteiger partial charge in [-0.25, -0.2) is 4.99 Å². The molecule has 0 saturated heterocycles. The van der Waals surface area contributed by atoms with Gasteiger partial charge in [0, 0.05) is 14.1 Å². The van der Waals surface area contributed by atoms with Crippen molar-refractivity contribution in [3.05, 3.63) is 42.0 Å². The van der Waals surface area contributed by atoms with E-state index in [4.69, 9.17) is 0 Å². The van der Waals surface area contributed by atoms with Crippen molar-refractivity contribution in [1.29, 1.82) is 0 Å². The van der Waals surface area contributed by atoms with Crippen molar-refractivity contribution in [3.8, 4) is 0 Å². The zero-order valence-corrected chi connectivity index (χ0v) is 9.86. The fourth-order valence-electron chi connectivity index (χ4n) is 1.15. The van der Waals surface area contributed by atoms with Crippen LogP contribution in [0.5, 0.6) is 0 Å². The second kappa shape index (κ2) is 5.35. The zero-order chi connectivity index (χ0) is 11.3. The van der Waals surface area contributed by atoms with E-state index in [-0.39, 0.29) is 0 Å². The van der Waals surface area contributed by atoms with Gasteiger partial charge in [0.1, 0.15) is 5.84 Å². The molecule has 0 aliphatic rings. The van der Waals surface area contributed by atoms with E-state index in [9.17, 15) is 0 Å². The van der Waals surface area contributed by atoms with E-state index >= 15 is 0 Å². The van der Waals surface area contributed by atoms with E-state index in [1.54, 1.807) is 0 Å². The summed E-state index contributed by atoms with van der Waals surface area (Å²) in [6.07, 6.45) is 2.08. The lowest BCUT2D eigenvalue weighted by molar-refractivity contribution is 0.626. The number of aliphatic imine (C=N–C) groups is 1. The van der Waals surface area contributed by atoms with Gasteiger partial charge in [-0.15, -0.1) is 0 Å². The number of allylic oxidation sites excluding steroid dienone is 1. The van der Waals surface area contributed by atoms with E-state index in [1.165, 1.54) is 5.57 Å². The summed E-state index contributed by atoms with van der Waals surface area (Å²) in [5.74, 6) is 0.973. The van der Waals surface area contributed by atoms with Gasteiger partial charge in [0.05, 0.1) is 5.69 Å². The maximum absolute atomic E-state index is 4.56. The number of likely N-dealkylation sites (N-methyl/N-ethyl adjacent to an activating group) is 1. The first-order valence-corrected chi connectivity index (χ1v) is 5.05. The predicted octanol–water partition coefficient (Wildman–Crippen LogP) is 3.24. The monoisotopic (exact) mass is 202 g/mol. The summed E-state index contributed by atoms with van der Waals surface area (Å²) in [4.78, 5) is 6.58. The van der Waals surface area contributed by atoms with Crippen LogP contribution in [0.1, 0.15) is 13.8 Å². The highest BCUT2D eigenvalue weighted by Gasteiger charge is 1.97. The minimum absolute atomic E-state index is 0.973. The third-order valence-corrected chi connectivity index (χ3v) is 1.88. The highest BCUT2D eigenvalue weighted by Crippen LogP contribution is 2.11. The second-order valence-corrected chi connectivity index (χ2v) is 3.92. The quantitative estimate of drug-likeness (QED) is 0.531. The van der Waals surface area contributed by atoms with Gasteiger partial charge in [0.25, 0.3) is 0 Å². The average molecular weight is 202 g/mol. The van der Waals surface area contributed by atoms with Gasteiger partial charge in [-0.2, -0.15) is 0 Å². The van der Waals surface area contributed by atoms with Crippen LogP contribution in [0, 0.1) is 0 Å². The number of benzene rings is 1. The molecule has 1 rings (SSSR count). The van der Waals surface area contributed by atoms with Gasteiger partial charge in [0.15, 0.2) is 0 Å². The normalized spacial score (nSPS) is 11.1. The van der Waals surface area contributed by atoms with Crippen molar-refractivity contribution in [2.45, 2.75) is 13.8 Å². The molecule has 0 unspecified atom stereocenters. The van der Waals surface area contributed by atoms with Crippen LogP contribution in [0.4, 0.5) is 5.69 Å². The summed E-state index contributed by atoms with van der Waals surface area (Å²) in [7, 11) is 4.00. The first kappa shape index (κ1) is 11.5. The molecule has 0 N–H and O–H groups in total. The van der Waals surface area contributed by atoms with Gasteiger partial charge in [-0.1, -0.05) is 23.8 Å². The molecular weight excluding hydrogens is 184 g/mol. The molecular formula is C13H18N2. The largest absolute Gasteiger partial charge is 0.363 e. The zero-order valence-electron chi connectivity index (χ0n) is 9.86. The van der Waals surface area contributed by atoms with E-state index < -0.39 is 0 Å². The lowest BCUT2D eigenvalue weighted by Crippen LogP contribution is -2.19. The SMILES string of the molecule is CC(C)=CC(=Nc1ccccc1)N(C)C. The number of nitrogens with zero attached hydrogens (tertiary/aromatic N) is 2. The van der Waals surface area contributed by atoms with Crippen molar-refractivity contribution in [1.82, 2.24) is 4.90 Å². The topological polar surface area (TPSA) is 15.6 Å². The van der Waals surface area contributed by atoms with Gasteiger partial charge >= 0.3 is 0 Å². The number of hydrogen-bond donors (Lipinski definition) is 0. The summed E-state index contributed by atoms with van der Waals surface area (Å²) < 4.78 is 0. The first-order valence-electron chi connectivity index (χ1n) is 5.05. The fourth-order valence-corrected chi connectivity index (χ4v) is 1.15. The molecule has 0 bridgehead atoms. The molecule has 0 heterocycles. The third-order valence-electron chi connectivity index (χ3n) is 1.88.